The number of ether oxygens (including phenoxy) is 2. The van der Waals surface area contributed by atoms with Crippen LogP contribution in [0.1, 0.15) is 18.4 Å². The summed E-state index contributed by atoms with van der Waals surface area (Å²) in [5, 5.41) is 2.85. The number of carbonyl (C=O) groups excluding carboxylic acids is 2. The molecular weight excluding hydrogens is 344 g/mol. The molecule has 6 nitrogen and oxygen atoms in total. The normalized spacial score (nSPS) is 14.2. The van der Waals surface area contributed by atoms with Gasteiger partial charge in [0.2, 0.25) is 11.8 Å². The number of nitrogens with zero attached hydrogens (tertiary/aromatic N) is 1. The summed E-state index contributed by atoms with van der Waals surface area (Å²) in [5.41, 5.74) is 0.517. The van der Waals surface area contributed by atoms with Crippen LogP contribution in [0.5, 0.6) is 11.5 Å². The third kappa shape index (κ3) is 3.89. The second-order valence-corrected chi connectivity index (χ2v) is 6.75. The second kappa shape index (κ2) is 7.70. The first-order valence-corrected chi connectivity index (χ1v) is 8.83. The van der Waals surface area contributed by atoms with Gasteiger partial charge in [0.15, 0.2) is 0 Å². The fraction of sp³-hybridized carbons (Fsp3) is 0.333. The number of carbonyl (C=O) groups is 2. The molecule has 1 fully saturated rings. The molecule has 3 rings (SSSR count). The Morgan fingerprint density at radius 3 is 2.37 bits per heavy atom. The van der Waals surface area contributed by atoms with Crippen molar-refractivity contribution in [2.45, 2.75) is 19.4 Å². The Kier molecular flexibility index (Phi) is 5.35. The Bertz CT molecular complexity index is 831. The molecule has 2 aromatic carbocycles. The van der Waals surface area contributed by atoms with Crippen molar-refractivity contribution < 1.29 is 19.1 Å². The van der Waals surface area contributed by atoms with Crippen LogP contribution in [0.15, 0.2) is 48.5 Å². The lowest BCUT2D eigenvalue weighted by Gasteiger charge is -2.23. The van der Waals surface area contributed by atoms with E-state index in [4.69, 9.17) is 9.47 Å². The smallest absolute Gasteiger partial charge is 0.240 e. The van der Waals surface area contributed by atoms with Crippen molar-refractivity contribution in [3.05, 3.63) is 54.1 Å². The molecule has 0 saturated heterocycles. The zero-order valence-electron chi connectivity index (χ0n) is 15.8. The quantitative estimate of drug-likeness (QED) is 0.763. The predicted molar refractivity (Wildman–Crippen MR) is 103 cm³/mol. The first-order chi connectivity index (χ1) is 13.0. The molecule has 1 aliphatic carbocycles. The number of methoxy groups -OCH3 is 2. The molecule has 1 N–H and O–H groups in total. The Morgan fingerprint density at radius 1 is 1.07 bits per heavy atom. The maximum Gasteiger partial charge on any atom is 0.240 e. The summed E-state index contributed by atoms with van der Waals surface area (Å²) < 4.78 is 10.5. The van der Waals surface area contributed by atoms with E-state index in [0.29, 0.717) is 36.6 Å². The minimum absolute atomic E-state index is 0.161. The molecule has 2 amide bonds. The topological polar surface area (TPSA) is 67.9 Å². The largest absolute Gasteiger partial charge is 0.497 e. The molecule has 27 heavy (non-hydrogen) atoms. The summed E-state index contributed by atoms with van der Waals surface area (Å²) in [6.07, 6.45) is 1.09. The van der Waals surface area contributed by atoms with E-state index < -0.39 is 5.41 Å². The van der Waals surface area contributed by atoms with E-state index in [1.165, 1.54) is 7.11 Å². The van der Waals surface area contributed by atoms with Crippen molar-refractivity contribution in [3.63, 3.8) is 0 Å². The fourth-order valence-corrected chi connectivity index (χ4v) is 3.11. The number of nitrogens with one attached hydrogen (secondary N) is 1. The van der Waals surface area contributed by atoms with Crippen molar-refractivity contribution in [2.24, 2.45) is 5.41 Å². The monoisotopic (exact) mass is 368 g/mol. The van der Waals surface area contributed by atoms with Crippen molar-refractivity contribution in [2.75, 3.05) is 26.6 Å². The number of benzene rings is 2. The second-order valence-electron chi connectivity index (χ2n) is 6.75. The van der Waals surface area contributed by atoms with Gasteiger partial charge in [-0.15, -0.1) is 0 Å². The van der Waals surface area contributed by atoms with Crippen LogP contribution in [-0.2, 0) is 16.1 Å². The molecule has 0 spiro atoms. The summed E-state index contributed by atoms with van der Waals surface area (Å²) in [6.45, 7) is 0.469. The molecule has 2 aromatic rings. The first kappa shape index (κ1) is 18.8. The SMILES string of the molecule is COc1ccc(OC)c(NC(=O)C2(C(=O)N(C)Cc3ccccc3)CC2)c1. The van der Waals surface area contributed by atoms with Gasteiger partial charge in [0.05, 0.1) is 19.9 Å². The van der Waals surface area contributed by atoms with E-state index >= 15 is 0 Å². The Hall–Kier alpha value is -3.02. The summed E-state index contributed by atoms with van der Waals surface area (Å²) in [4.78, 5) is 27.5. The van der Waals surface area contributed by atoms with Crippen molar-refractivity contribution in [3.8, 4) is 11.5 Å². The van der Waals surface area contributed by atoms with Gasteiger partial charge in [-0.3, -0.25) is 9.59 Å². The van der Waals surface area contributed by atoms with Gasteiger partial charge in [-0.25, -0.2) is 0 Å². The van der Waals surface area contributed by atoms with E-state index in [1.54, 1.807) is 37.3 Å². The van der Waals surface area contributed by atoms with Crippen molar-refractivity contribution >= 4 is 17.5 Å². The van der Waals surface area contributed by atoms with Crippen LogP contribution in [0.3, 0.4) is 0 Å². The minimum atomic E-state index is -1.00. The average Bonchev–Trinajstić information content (AvgIpc) is 3.50. The lowest BCUT2D eigenvalue weighted by atomic mass is 10.0. The molecule has 142 valence electrons. The highest BCUT2D eigenvalue weighted by atomic mass is 16.5. The Labute approximate surface area is 159 Å². The zero-order valence-corrected chi connectivity index (χ0v) is 15.8. The molecule has 0 aliphatic heterocycles. The number of rotatable bonds is 7. The number of hydrogen-bond donors (Lipinski definition) is 1. The molecule has 1 aliphatic rings. The molecule has 1 saturated carbocycles. The molecular formula is C21H24N2O4. The van der Waals surface area contributed by atoms with Crippen LogP contribution in [0.25, 0.3) is 0 Å². The molecule has 0 atom stereocenters. The van der Waals surface area contributed by atoms with Gasteiger partial charge in [-0.1, -0.05) is 30.3 Å². The average molecular weight is 368 g/mol. The van der Waals surface area contributed by atoms with Gasteiger partial charge >= 0.3 is 0 Å². The predicted octanol–water partition coefficient (Wildman–Crippen LogP) is 3.08. The van der Waals surface area contributed by atoms with Gasteiger partial charge < -0.3 is 19.7 Å². The van der Waals surface area contributed by atoms with Gasteiger partial charge in [0, 0.05) is 19.7 Å². The standard InChI is InChI=1S/C21H24N2O4/c1-23(14-15-7-5-4-6-8-15)20(25)21(11-12-21)19(24)22-17-13-16(26-2)9-10-18(17)27-3/h4-10,13H,11-12,14H2,1-3H3,(H,22,24). The van der Waals surface area contributed by atoms with E-state index in [2.05, 4.69) is 5.32 Å². The third-order valence-electron chi connectivity index (χ3n) is 4.86. The number of anilines is 1. The molecule has 6 heteroatoms. The van der Waals surface area contributed by atoms with Gasteiger partial charge in [0.1, 0.15) is 16.9 Å². The molecule has 0 unspecified atom stereocenters. The summed E-state index contributed by atoms with van der Waals surface area (Å²) in [5.74, 6) is 0.651. The minimum Gasteiger partial charge on any atom is -0.497 e. The Morgan fingerprint density at radius 2 is 1.78 bits per heavy atom. The maximum atomic E-state index is 13.0. The Balaban J connectivity index is 1.73. The van der Waals surface area contributed by atoms with E-state index in [9.17, 15) is 9.59 Å². The molecule has 0 bridgehead atoms. The molecule has 0 aromatic heterocycles. The van der Waals surface area contributed by atoms with Crippen LogP contribution in [-0.4, -0.2) is 38.0 Å². The van der Waals surface area contributed by atoms with Gasteiger partial charge in [-0.2, -0.15) is 0 Å². The lowest BCUT2D eigenvalue weighted by Crippen LogP contribution is -2.40. The summed E-state index contributed by atoms with van der Waals surface area (Å²) in [6, 6.07) is 14.9. The first-order valence-electron chi connectivity index (χ1n) is 8.83. The van der Waals surface area contributed by atoms with Gasteiger partial charge in [-0.05, 0) is 30.5 Å². The third-order valence-corrected chi connectivity index (χ3v) is 4.86. The van der Waals surface area contributed by atoms with Crippen LogP contribution < -0.4 is 14.8 Å². The van der Waals surface area contributed by atoms with E-state index in [1.807, 2.05) is 30.3 Å². The fourth-order valence-electron chi connectivity index (χ4n) is 3.11. The van der Waals surface area contributed by atoms with Crippen LogP contribution >= 0.6 is 0 Å². The van der Waals surface area contributed by atoms with E-state index in [0.717, 1.165) is 5.56 Å². The highest BCUT2D eigenvalue weighted by Crippen LogP contribution is 2.48. The number of amides is 2. The van der Waals surface area contributed by atoms with Crippen LogP contribution in [0, 0.1) is 5.41 Å². The summed E-state index contributed by atoms with van der Waals surface area (Å²) >= 11 is 0. The van der Waals surface area contributed by atoms with Crippen LogP contribution in [0.4, 0.5) is 5.69 Å². The zero-order chi connectivity index (χ0) is 19.4. The lowest BCUT2D eigenvalue weighted by molar-refractivity contribution is -0.141. The number of hydrogen-bond acceptors (Lipinski definition) is 4. The molecule has 0 heterocycles. The maximum absolute atomic E-state index is 13.0. The highest BCUT2D eigenvalue weighted by molar-refractivity contribution is 6.13. The van der Waals surface area contributed by atoms with Crippen LogP contribution in [0.2, 0.25) is 0 Å². The van der Waals surface area contributed by atoms with Gasteiger partial charge in [0.25, 0.3) is 0 Å². The highest BCUT2D eigenvalue weighted by Gasteiger charge is 2.57. The van der Waals surface area contributed by atoms with E-state index in [-0.39, 0.29) is 11.8 Å². The summed E-state index contributed by atoms with van der Waals surface area (Å²) in [7, 11) is 4.82. The molecule has 0 radical (unpaired) electrons. The van der Waals surface area contributed by atoms with Crippen molar-refractivity contribution in [1.82, 2.24) is 4.90 Å². The van der Waals surface area contributed by atoms with Crippen molar-refractivity contribution in [1.29, 1.82) is 0 Å².